The lowest BCUT2D eigenvalue weighted by atomic mass is 9.96. The number of hydrogen-bond acceptors (Lipinski definition) is 3. The molecule has 1 amide bonds. The summed E-state index contributed by atoms with van der Waals surface area (Å²) in [6.07, 6.45) is 5.22. The SMILES string of the molecule is CNCC1CCN(C(=O)c2ccncc2Cl)CC1. The largest absolute Gasteiger partial charge is 0.339 e. The summed E-state index contributed by atoms with van der Waals surface area (Å²) >= 11 is 6.00. The minimum atomic E-state index is 0.0188. The quantitative estimate of drug-likeness (QED) is 0.908. The zero-order chi connectivity index (χ0) is 13.0. The number of hydrogen-bond donors (Lipinski definition) is 1. The number of carbonyl (C=O) groups is 1. The number of aromatic nitrogens is 1. The molecule has 1 aliphatic rings. The lowest BCUT2D eigenvalue weighted by Gasteiger charge is -2.32. The molecule has 0 spiro atoms. The van der Waals surface area contributed by atoms with E-state index in [2.05, 4.69) is 10.3 Å². The predicted octanol–water partition coefficient (Wildman–Crippen LogP) is 1.81. The topological polar surface area (TPSA) is 45.2 Å². The molecule has 1 aromatic heterocycles. The Bertz CT molecular complexity index is 416. The number of nitrogens with one attached hydrogen (secondary N) is 1. The summed E-state index contributed by atoms with van der Waals surface area (Å²) in [6, 6.07) is 1.68. The molecule has 0 saturated carbocycles. The Morgan fingerprint density at radius 1 is 1.56 bits per heavy atom. The van der Waals surface area contributed by atoms with Gasteiger partial charge in [-0.3, -0.25) is 9.78 Å². The highest BCUT2D eigenvalue weighted by Gasteiger charge is 2.24. The molecule has 1 saturated heterocycles. The van der Waals surface area contributed by atoms with Gasteiger partial charge in [-0.2, -0.15) is 0 Å². The molecule has 5 heteroatoms. The molecule has 0 atom stereocenters. The van der Waals surface area contributed by atoms with E-state index < -0.39 is 0 Å². The van der Waals surface area contributed by atoms with Crippen molar-refractivity contribution >= 4 is 17.5 Å². The summed E-state index contributed by atoms with van der Waals surface area (Å²) in [5.41, 5.74) is 0.554. The second-order valence-electron chi connectivity index (χ2n) is 4.65. The lowest BCUT2D eigenvalue weighted by molar-refractivity contribution is 0.0691. The minimum absolute atomic E-state index is 0.0188. The Hall–Kier alpha value is -1.13. The monoisotopic (exact) mass is 267 g/mol. The average molecular weight is 268 g/mol. The molecular weight excluding hydrogens is 250 g/mol. The van der Waals surface area contributed by atoms with Gasteiger partial charge in [0.05, 0.1) is 10.6 Å². The van der Waals surface area contributed by atoms with Crippen LogP contribution >= 0.6 is 11.6 Å². The van der Waals surface area contributed by atoms with Crippen molar-refractivity contribution in [1.29, 1.82) is 0 Å². The van der Waals surface area contributed by atoms with Crippen molar-refractivity contribution in [3.8, 4) is 0 Å². The molecular formula is C13H18ClN3O. The van der Waals surface area contributed by atoms with E-state index in [9.17, 15) is 4.79 Å². The summed E-state index contributed by atoms with van der Waals surface area (Å²) in [5.74, 6) is 0.692. The summed E-state index contributed by atoms with van der Waals surface area (Å²) < 4.78 is 0. The first-order valence-electron chi connectivity index (χ1n) is 6.25. The van der Waals surface area contributed by atoms with E-state index in [-0.39, 0.29) is 5.91 Å². The third-order valence-electron chi connectivity index (χ3n) is 3.40. The summed E-state index contributed by atoms with van der Waals surface area (Å²) in [4.78, 5) is 18.1. The zero-order valence-electron chi connectivity index (χ0n) is 10.5. The predicted molar refractivity (Wildman–Crippen MR) is 71.8 cm³/mol. The number of piperidine rings is 1. The van der Waals surface area contributed by atoms with Crippen LogP contribution in [0, 0.1) is 5.92 Å². The van der Waals surface area contributed by atoms with Crippen LogP contribution in [0.2, 0.25) is 5.02 Å². The second-order valence-corrected chi connectivity index (χ2v) is 5.06. The van der Waals surface area contributed by atoms with Crippen molar-refractivity contribution in [2.24, 2.45) is 5.92 Å². The maximum Gasteiger partial charge on any atom is 0.255 e. The molecule has 0 aliphatic carbocycles. The number of halogens is 1. The van der Waals surface area contributed by atoms with E-state index in [1.807, 2.05) is 11.9 Å². The smallest absolute Gasteiger partial charge is 0.255 e. The van der Waals surface area contributed by atoms with Gasteiger partial charge in [0, 0.05) is 25.5 Å². The van der Waals surface area contributed by atoms with Crippen LogP contribution in [0.4, 0.5) is 0 Å². The molecule has 0 bridgehead atoms. The van der Waals surface area contributed by atoms with E-state index in [1.54, 1.807) is 12.3 Å². The van der Waals surface area contributed by atoms with Crippen LogP contribution in [-0.4, -0.2) is 42.5 Å². The van der Waals surface area contributed by atoms with Crippen molar-refractivity contribution in [3.63, 3.8) is 0 Å². The molecule has 1 aliphatic heterocycles. The normalized spacial score (nSPS) is 16.9. The fourth-order valence-corrected chi connectivity index (χ4v) is 2.55. The van der Waals surface area contributed by atoms with E-state index in [4.69, 9.17) is 11.6 Å². The molecule has 1 fully saturated rings. The highest BCUT2D eigenvalue weighted by Crippen LogP contribution is 2.21. The van der Waals surface area contributed by atoms with Gasteiger partial charge in [-0.1, -0.05) is 11.6 Å². The Labute approximate surface area is 112 Å². The molecule has 0 unspecified atom stereocenters. The number of amides is 1. The molecule has 1 N–H and O–H groups in total. The van der Waals surface area contributed by atoms with Crippen molar-refractivity contribution < 1.29 is 4.79 Å². The van der Waals surface area contributed by atoms with Crippen LogP contribution in [0.1, 0.15) is 23.2 Å². The molecule has 0 radical (unpaired) electrons. The second kappa shape index (κ2) is 6.16. The first-order chi connectivity index (χ1) is 8.72. The fourth-order valence-electron chi connectivity index (χ4n) is 2.35. The van der Waals surface area contributed by atoms with Gasteiger partial charge in [0.2, 0.25) is 0 Å². The Morgan fingerprint density at radius 2 is 2.28 bits per heavy atom. The highest BCUT2D eigenvalue weighted by molar-refractivity contribution is 6.33. The van der Waals surface area contributed by atoms with Gasteiger partial charge in [0.1, 0.15) is 0 Å². The average Bonchev–Trinajstić information content (AvgIpc) is 2.40. The van der Waals surface area contributed by atoms with Gasteiger partial charge in [0.25, 0.3) is 5.91 Å². The van der Waals surface area contributed by atoms with E-state index in [0.717, 1.165) is 32.5 Å². The zero-order valence-corrected chi connectivity index (χ0v) is 11.3. The maximum atomic E-state index is 12.3. The Balaban J connectivity index is 1.98. The van der Waals surface area contributed by atoms with Crippen molar-refractivity contribution in [1.82, 2.24) is 15.2 Å². The van der Waals surface area contributed by atoms with Crippen LogP contribution in [-0.2, 0) is 0 Å². The van der Waals surface area contributed by atoms with E-state index >= 15 is 0 Å². The van der Waals surface area contributed by atoms with Crippen LogP contribution in [0.5, 0.6) is 0 Å². The molecule has 18 heavy (non-hydrogen) atoms. The van der Waals surface area contributed by atoms with Crippen LogP contribution in [0.25, 0.3) is 0 Å². The van der Waals surface area contributed by atoms with Crippen LogP contribution in [0.15, 0.2) is 18.5 Å². The molecule has 2 heterocycles. The van der Waals surface area contributed by atoms with Gasteiger partial charge in [-0.25, -0.2) is 0 Å². The molecule has 4 nitrogen and oxygen atoms in total. The highest BCUT2D eigenvalue weighted by atomic mass is 35.5. The number of carbonyl (C=O) groups excluding carboxylic acids is 1. The molecule has 1 aromatic rings. The number of nitrogens with zero attached hydrogens (tertiary/aromatic N) is 2. The number of rotatable bonds is 3. The van der Waals surface area contributed by atoms with Crippen LogP contribution in [0.3, 0.4) is 0 Å². The first kappa shape index (κ1) is 13.3. The number of likely N-dealkylation sites (tertiary alicyclic amines) is 1. The maximum absolute atomic E-state index is 12.3. The molecule has 0 aromatic carbocycles. The molecule has 98 valence electrons. The minimum Gasteiger partial charge on any atom is -0.339 e. The van der Waals surface area contributed by atoms with Gasteiger partial charge in [-0.05, 0) is 38.4 Å². The summed E-state index contributed by atoms with van der Waals surface area (Å²) in [5, 5.41) is 3.62. The Kier molecular flexibility index (Phi) is 4.55. The third kappa shape index (κ3) is 3.00. The van der Waals surface area contributed by atoms with Crippen molar-refractivity contribution in [3.05, 3.63) is 29.0 Å². The van der Waals surface area contributed by atoms with Crippen LogP contribution < -0.4 is 5.32 Å². The van der Waals surface area contributed by atoms with E-state index in [1.165, 1.54) is 6.20 Å². The standard InChI is InChI=1S/C13H18ClN3O/c1-15-8-10-3-6-17(7-4-10)13(18)11-2-5-16-9-12(11)14/h2,5,9-10,15H,3-4,6-8H2,1H3. The van der Waals surface area contributed by atoms with Crippen molar-refractivity contribution in [2.45, 2.75) is 12.8 Å². The van der Waals surface area contributed by atoms with Crippen molar-refractivity contribution in [2.75, 3.05) is 26.7 Å². The van der Waals surface area contributed by atoms with Gasteiger partial charge >= 0.3 is 0 Å². The summed E-state index contributed by atoms with van der Waals surface area (Å²) in [6.45, 7) is 2.64. The third-order valence-corrected chi connectivity index (χ3v) is 3.70. The van der Waals surface area contributed by atoms with Gasteiger partial charge < -0.3 is 10.2 Å². The number of pyridine rings is 1. The van der Waals surface area contributed by atoms with Gasteiger partial charge in [0.15, 0.2) is 0 Å². The lowest BCUT2D eigenvalue weighted by Crippen LogP contribution is -2.40. The molecule has 2 rings (SSSR count). The van der Waals surface area contributed by atoms with E-state index in [0.29, 0.717) is 16.5 Å². The first-order valence-corrected chi connectivity index (χ1v) is 6.63. The fraction of sp³-hybridized carbons (Fsp3) is 0.538. The Morgan fingerprint density at radius 3 is 2.89 bits per heavy atom. The summed E-state index contributed by atoms with van der Waals surface area (Å²) in [7, 11) is 1.97. The van der Waals surface area contributed by atoms with Gasteiger partial charge in [-0.15, -0.1) is 0 Å².